The molecule has 2 aromatic heterocycles. The van der Waals surface area contributed by atoms with Gasteiger partial charge in [0.2, 0.25) is 5.91 Å². The van der Waals surface area contributed by atoms with Crippen molar-refractivity contribution in [3.63, 3.8) is 0 Å². The molecule has 0 saturated carbocycles. The molecule has 0 spiro atoms. The van der Waals surface area contributed by atoms with Crippen LogP contribution in [-0.4, -0.2) is 15.5 Å². The predicted molar refractivity (Wildman–Crippen MR) is 64.3 cm³/mol. The third-order valence-corrected chi connectivity index (χ3v) is 2.48. The number of anilines is 1. The summed E-state index contributed by atoms with van der Waals surface area (Å²) >= 11 is 0. The number of nitrogens with one attached hydrogen (secondary N) is 1. The van der Waals surface area contributed by atoms with Crippen LogP contribution in [0.3, 0.4) is 0 Å². The van der Waals surface area contributed by atoms with E-state index in [0.29, 0.717) is 12.2 Å². The molecule has 0 atom stereocenters. The summed E-state index contributed by atoms with van der Waals surface area (Å²) in [4.78, 5) is 15.8. The molecule has 0 aliphatic heterocycles. The average molecular weight is 217 g/mol. The fourth-order valence-electron chi connectivity index (χ4n) is 1.65. The van der Waals surface area contributed by atoms with Crippen molar-refractivity contribution in [2.24, 2.45) is 7.05 Å². The molecular formula is C12H15N3O. The van der Waals surface area contributed by atoms with Gasteiger partial charge in [-0.15, -0.1) is 0 Å². The molecule has 0 aliphatic rings. The van der Waals surface area contributed by atoms with Gasteiger partial charge in [-0.05, 0) is 24.6 Å². The zero-order valence-corrected chi connectivity index (χ0v) is 9.53. The molecular weight excluding hydrogens is 202 g/mol. The number of carbonyl (C=O) groups is 1. The minimum atomic E-state index is 0.0188. The molecule has 0 bridgehead atoms. The Balaban J connectivity index is 2.23. The van der Waals surface area contributed by atoms with Crippen molar-refractivity contribution in [1.82, 2.24) is 9.55 Å². The highest BCUT2D eigenvalue weighted by Gasteiger charge is 2.04. The Kier molecular flexibility index (Phi) is 2.90. The number of nitrogens with zero attached hydrogens (tertiary/aromatic N) is 2. The summed E-state index contributed by atoms with van der Waals surface area (Å²) in [6.45, 7) is 1.98. The van der Waals surface area contributed by atoms with Gasteiger partial charge >= 0.3 is 0 Å². The quantitative estimate of drug-likeness (QED) is 0.857. The van der Waals surface area contributed by atoms with Gasteiger partial charge in [-0.25, -0.2) is 4.98 Å². The van der Waals surface area contributed by atoms with Crippen LogP contribution in [-0.2, 0) is 11.8 Å². The standard InChI is InChI=1S/C12H15N3O/c1-3-4-12(16)14-11-6-5-10-9(13-11)7-8-15(10)2/h5-8H,3-4H2,1-2H3,(H,13,14,16). The maximum atomic E-state index is 11.4. The van der Waals surface area contributed by atoms with Gasteiger partial charge in [0.05, 0.1) is 11.0 Å². The van der Waals surface area contributed by atoms with Crippen LogP contribution in [0, 0.1) is 0 Å². The predicted octanol–water partition coefficient (Wildman–Crippen LogP) is 2.31. The number of aromatic nitrogens is 2. The normalized spacial score (nSPS) is 10.6. The van der Waals surface area contributed by atoms with E-state index >= 15 is 0 Å². The topological polar surface area (TPSA) is 46.9 Å². The molecule has 0 aliphatic carbocycles. The second-order valence-corrected chi connectivity index (χ2v) is 3.83. The Morgan fingerprint density at radius 3 is 3.00 bits per heavy atom. The number of rotatable bonds is 3. The summed E-state index contributed by atoms with van der Waals surface area (Å²) in [6.07, 6.45) is 3.34. The lowest BCUT2D eigenvalue weighted by molar-refractivity contribution is -0.116. The summed E-state index contributed by atoms with van der Waals surface area (Å²) in [5.74, 6) is 0.641. The molecule has 2 rings (SSSR count). The maximum absolute atomic E-state index is 11.4. The zero-order chi connectivity index (χ0) is 11.5. The second-order valence-electron chi connectivity index (χ2n) is 3.83. The molecule has 2 aromatic rings. The number of pyridine rings is 1. The van der Waals surface area contributed by atoms with Crippen LogP contribution in [0.2, 0.25) is 0 Å². The Morgan fingerprint density at radius 2 is 2.25 bits per heavy atom. The highest BCUT2D eigenvalue weighted by atomic mass is 16.1. The molecule has 0 radical (unpaired) electrons. The number of aryl methyl sites for hydroxylation is 1. The molecule has 84 valence electrons. The Bertz CT molecular complexity index is 516. The number of fused-ring (bicyclic) bond motifs is 1. The fraction of sp³-hybridized carbons (Fsp3) is 0.333. The molecule has 4 nitrogen and oxygen atoms in total. The van der Waals surface area contributed by atoms with Gasteiger partial charge in [0.1, 0.15) is 5.82 Å². The highest BCUT2D eigenvalue weighted by molar-refractivity contribution is 5.91. The molecule has 2 heterocycles. The van der Waals surface area contributed by atoms with Gasteiger partial charge in [0.15, 0.2) is 0 Å². The van der Waals surface area contributed by atoms with E-state index in [0.717, 1.165) is 17.5 Å². The average Bonchev–Trinajstić information content (AvgIpc) is 2.60. The van der Waals surface area contributed by atoms with E-state index in [2.05, 4.69) is 10.3 Å². The van der Waals surface area contributed by atoms with E-state index < -0.39 is 0 Å². The van der Waals surface area contributed by atoms with Crippen molar-refractivity contribution >= 4 is 22.8 Å². The van der Waals surface area contributed by atoms with Gasteiger partial charge < -0.3 is 9.88 Å². The van der Waals surface area contributed by atoms with Crippen LogP contribution in [0.1, 0.15) is 19.8 Å². The zero-order valence-electron chi connectivity index (χ0n) is 9.53. The highest BCUT2D eigenvalue weighted by Crippen LogP contribution is 2.15. The summed E-state index contributed by atoms with van der Waals surface area (Å²) in [6, 6.07) is 5.73. The first-order chi connectivity index (χ1) is 7.70. The lowest BCUT2D eigenvalue weighted by Crippen LogP contribution is -2.11. The number of hydrogen-bond acceptors (Lipinski definition) is 2. The number of carbonyl (C=O) groups excluding carboxylic acids is 1. The summed E-state index contributed by atoms with van der Waals surface area (Å²) in [5, 5.41) is 2.78. The third-order valence-electron chi connectivity index (χ3n) is 2.48. The molecule has 0 saturated heterocycles. The molecule has 0 aromatic carbocycles. The smallest absolute Gasteiger partial charge is 0.225 e. The second kappa shape index (κ2) is 4.35. The van der Waals surface area contributed by atoms with Crippen molar-refractivity contribution in [3.05, 3.63) is 24.4 Å². The van der Waals surface area contributed by atoms with Crippen molar-refractivity contribution < 1.29 is 4.79 Å². The van der Waals surface area contributed by atoms with Gasteiger partial charge in [0, 0.05) is 19.7 Å². The Hall–Kier alpha value is -1.84. The SMILES string of the molecule is CCCC(=O)Nc1ccc2c(ccn2C)n1. The first-order valence-electron chi connectivity index (χ1n) is 5.42. The van der Waals surface area contributed by atoms with E-state index in [1.807, 2.05) is 42.9 Å². The van der Waals surface area contributed by atoms with Crippen molar-refractivity contribution in [2.45, 2.75) is 19.8 Å². The van der Waals surface area contributed by atoms with E-state index in [1.54, 1.807) is 0 Å². The van der Waals surface area contributed by atoms with Crippen molar-refractivity contribution in [1.29, 1.82) is 0 Å². The minimum absolute atomic E-state index is 0.0188. The van der Waals surface area contributed by atoms with E-state index in [4.69, 9.17) is 0 Å². The van der Waals surface area contributed by atoms with E-state index in [-0.39, 0.29) is 5.91 Å². The van der Waals surface area contributed by atoms with Crippen LogP contribution < -0.4 is 5.32 Å². The molecule has 1 N–H and O–H groups in total. The third kappa shape index (κ3) is 2.05. The van der Waals surface area contributed by atoms with Crippen LogP contribution in [0.4, 0.5) is 5.82 Å². The van der Waals surface area contributed by atoms with E-state index in [9.17, 15) is 4.79 Å². The van der Waals surface area contributed by atoms with E-state index in [1.165, 1.54) is 0 Å². The largest absolute Gasteiger partial charge is 0.349 e. The first kappa shape index (κ1) is 10.7. The lowest BCUT2D eigenvalue weighted by atomic mass is 10.3. The van der Waals surface area contributed by atoms with Gasteiger partial charge in [-0.1, -0.05) is 6.92 Å². The molecule has 1 amide bonds. The van der Waals surface area contributed by atoms with Crippen LogP contribution in [0.5, 0.6) is 0 Å². The molecule has 0 fully saturated rings. The van der Waals surface area contributed by atoms with Crippen molar-refractivity contribution in [2.75, 3.05) is 5.32 Å². The number of hydrogen-bond donors (Lipinski definition) is 1. The summed E-state index contributed by atoms with van der Waals surface area (Å²) in [5.41, 5.74) is 1.96. The fourth-order valence-corrected chi connectivity index (χ4v) is 1.65. The summed E-state index contributed by atoms with van der Waals surface area (Å²) < 4.78 is 2.00. The Labute approximate surface area is 94.3 Å². The first-order valence-corrected chi connectivity index (χ1v) is 5.42. The van der Waals surface area contributed by atoms with Crippen molar-refractivity contribution in [3.8, 4) is 0 Å². The maximum Gasteiger partial charge on any atom is 0.225 e. The van der Waals surface area contributed by atoms with Crippen LogP contribution in [0.25, 0.3) is 11.0 Å². The van der Waals surface area contributed by atoms with Crippen LogP contribution >= 0.6 is 0 Å². The monoisotopic (exact) mass is 217 g/mol. The van der Waals surface area contributed by atoms with Gasteiger partial charge in [-0.2, -0.15) is 0 Å². The molecule has 0 unspecified atom stereocenters. The molecule has 4 heteroatoms. The summed E-state index contributed by atoms with van der Waals surface area (Å²) in [7, 11) is 1.97. The minimum Gasteiger partial charge on any atom is -0.349 e. The number of amides is 1. The van der Waals surface area contributed by atoms with Gasteiger partial charge in [0.25, 0.3) is 0 Å². The lowest BCUT2D eigenvalue weighted by Gasteiger charge is -2.03. The van der Waals surface area contributed by atoms with Gasteiger partial charge in [-0.3, -0.25) is 4.79 Å². The Morgan fingerprint density at radius 1 is 1.44 bits per heavy atom. The van der Waals surface area contributed by atoms with Crippen LogP contribution in [0.15, 0.2) is 24.4 Å². The molecule has 16 heavy (non-hydrogen) atoms.